The van der Waals surface area contributed by atoms with Crippen molar-refractivity contribution in [2.45, 2.75) is 0 Å². The predicted octanol–water partition coefficient (Wildman–Crippen LogP) is 5.23. The van der Waals surface area contributed by atoms with Gasteiger partial charge in [0.05, 0.1) is 4.92 Å². The van der Waals surface area contributed by atoms with Crippen molar-refractivity contribution in [2.75, 3.05) is 5.32 Å². The zero-order chi connectivity index (χ0) is 19.5. The van der Waals surface area contributed by atoms with Crippen LogP contribution in [0.25, 0.3) is 10.8 Å². The highest BCUT2D eigenvalue weighted by Crippen LogP contribution is 2.37. The van der Waals surface area contributed by atoms with E-state index >= 15 is 0 Å². The lowest BCUT2D eigenvalue weighted by atomic mass is 10.1. The van der Waals surface area contributed by atoms with Crippen molar-refractivity contribution in [1.82, 2.24) is 15.0 Å². The van der Waals surface area contributed by atoms with E-state index in [0.717, 1.165) is 15.2 Å². The van der Waals surface area contributed by atoms with Crippen LogP contribution in [0, 0.1) is 10.1 Å². The Kier molecular flexibility index (Phi) is 4.81. The second-order valence-corrected chi connectivity index (χ2v) is 6.61. The van der Waals surface area contributed by atoms with Gasteiger partial charge in [0.2, 0.25) is 5.82 Å². The molecule has 2 aromatic carbocycles. The van der Waals surface area contributed by atoms with Crippen LogP contribution in [0.3, 0.4) is 0 Å². The molecule has 0 amide bonds. The SMILES string of the molecule is O=[N+]([O-])c1c(Nc2ccc(Br)cn2)ncnc1Oc1cccc2ccccc12. The summed E-state index contributed by atoms with van der Waals surface area (Å²) in [5.41, 5.74) is -0.375. The average molecular weight is 438 g/mol. The lowest BCUT2D eigenvalue weighted by Crippen LogP contribution is -2.04. The van der Waals surface area contributed by atoms with Crippen molar-refractivity contribution < 1.29 is 9.66 Å². The minimum absolute atomic E-state index is 0.00920. The molecule has 0 aliphatic heterocycles. The second kappa shape index (κ2) is 7.57. The lowest BCUT2D eigenvalue weighted by molar-refractivity contribution is -0.385. The van der Waals surface area contributed by atoms with Gasteiger partial charge in [-0.3, -0.25) is 10.1 Å². The summed E-state index contributed by atoms with van der Waals surface area (Å²) in [5, 5.41) is 16.3. The van der Waals surface area contributed by atoms with Gasteiger partial charge in [-0.25, -0.2) is 9.97 Å². The van der Waals surface area contributed by atoms with E-state index in [0.29, 0.717) is 11.6 Å². The van der Waals surface area contributed by atoms with E-state index in [-0.39, 0.29) is 17.4 Å². The van der Waals surface area contributed by atoms with Gasteiger partial charge in [-0.05, 0) is 39.5 Å². The highest BCUT2D eigenvalue weighted by Gasteiger charge is 2.26. The molecular weight excluding hydrogens is 426 g/mol. The molecule has 0 saturated heterocycles. The Balaban J connectivity index is 1.74. The number of hydrogen-bond donors (Lipinski definition) is 1. The zero-order valence-electron chi connectivity index (χ0n) is 14.2. The van der Waals surface area contributed by atoms with Gasteiger partial charge >= 0.3 is 11.6 Å². The summed E-state index contributed by atoms with van der Waals surface area (Å²) in [5.74, 6) is 0.703. The topological polar surface area (TPSA) is 103 Å². The number of nitrogens with one attached hydrogen (secondary N) is 1. The van der Waals surface area contributed by atoms with Crippen molar-refractivity contribution >= 4 is 44.0 Å². The molecule has 0 atom stereocenters. The molecule has 2 heterocycles. The Hall–Kier alpha value is -3.59. The van der Waals surface area contributed by atoms with Crippen molar-refractivity contribution in [1.29, 1.82) is 0 Å². The van der Waals surface area contributed by atoms with Crippen LogP contribution in [0.1, 0.15) is 0 Å². The first-order valence-electron chi connectivity index (χ1n) is 8.15. The molecule has 0 radical (unpaired) electrons. The van der Waals surface area contributed by atoms with Gasteiger partial charge in [0.25, 0.3) is 0 Å². The summed E-state index contributed by atoms with van der Waals surface area (Å²) in [7, 11) is 0. The number of anilines is 2. The van der Waals surface area contributed by atoms with Crippen LogP contribution in [0.4, 0.5) is 17.3 Å². The molecule has 9 heteroatoms. The predicted molar refractivity (Wildman–Crippen MR) is 108 cm³/mol. The lowest BCUT2D eigenvalue weighted by Gasteiger charge is -2.10. The molecule has 0 spiro atoms. The molecule has 0 aliphatic rings. The average Bonchev–Trinajstić information content (AvgIpc) is 2.70. The van der Waals surface area contributed by atoms with Crippen molar-refractivity contribution in [2.24, 2.45) is 0 Å². The van der Waals surface area contributed by atoms with Crippen LogP contribution < -0.4 is 10.1 Å². The Bertz CT molecular complexity index is 1160. The molecule has 4 rings (SSSR count). The molecular formula is C19H12BrN5O3. The third-order valence-electron chi connectivity index (χ3n) is 3.90. The fraction of sp³-hybridized carbons (Fsp3) is 0. The normalized spacial score (nSPS) is 10.6. The van der Waals surface area contributed by atoms with Crippen LogP contribution in [-0.4, -0.2) is 19.9 Å². The summed E-state index contributed by atoms with van der Waals surface area (Å²) < 4.78 is 6.61. The zero-order valence-corrected chi connectivity index (χ0v) is 15.8. The van der Waals surface area contributed by atoms with E-state index in [1.807, 2.05) is 36.4 Å². The smallest absolute Gasteiger partial charge is 0.373 e. The standard InChI is InChI=1S/C19H12BrN5O3/c20-13-8-9-16(21-10-13)24-18-17(25(26)27)19(23-11-22-18)28-15-7-3-5-12-4-1-2-6-14(12)15/h1-11H,(H,21,22,23,24). The molecule has 0 aliphatic carbocycles. The highest BCUT2D eigenvalue weighted by molar-refractivity contribution is 9.10. The molecule has 2 aromatic heterocycles. The van der Waals surface area contributed by atoms with Crippen LogP contribution in [-0.2, 0) is 0 Å². The van der Waals surface area contributed by atoms with E-state index in [4.69, 9.17) is 4.74 Å². The monoisotopic (exact) mass is 437 g/mol. The minimum Gasteiger partial charge on any atom is -0.433 e. The number of aromatic nitrogens is 3. The Labute approximate surface area is 167 Å². The first-order chi connectivity index (χ1) is 13.6. The van der Waals surface area contributed by atoms with Crippen LogP contribution in [0.5, 0.6) is 11.6 Å². The fourth-order valence-electron chi connectivity index (χ4n) is 2.65. The molecule has 8 nitrogen and oxygen atoms in total. The van der Waals surface area contributed by atoms with E-state index < -0.39 is 4.92 Å². The molecule has 28 heavy (non-hydrogen) atoms. The minimum atomic E-state index is -0.582. The highest BCUT2D eigenvalue weighted by atomic mass is 79.9. The van der Waals surface area contributed by atoms with Gasteiger partial charge < -0.3 is 10.1 Å². The van der Waals surface area contributed by atoms with Crippen LogP contribution in [0.15, 0.2) is 71.6 Å². The fourth-order valence-corrected chi connectivity index (χ4v) is 2.89. The van der Waals surface area contributed by atoms with Crippen LogP contribution >= 0.6 is 15.9 Å². The summed E-state index contributed by atoms with van der Waals surface area (Å²) >= 11 is 3.29. The molecule has 0 saturated carbocycles. The van der Waals surface area contributed by atoms with Crippen molar-refractivity contribution in [3.8, 4) is 11.6 Å². The van der Waals surface area contributed by atoms with Gasteiger partial charge in [-0.1, -0.05) is 36.4 Å². The first kappa shape index (κ1) is 17.8. The maximum Gasteiger partial charge on any atom is 0.373 e. The molecule has 0 unspecified atom stereocenters. The molecule has 1 N–H and O–H groups in total. The molecule has 138 valence electrons. The molecule has 0 fully saturated rings. The van der Waals surface area contributed by atoms with Gasteiger partial charge in [0.15, 0.2) is 0 Å². The Morgan fingerprint density at radius 2 is 1.82 bits per heavy atom. The number of ether oxygens (including phenoxy) is 1. The number of rotatable bonds is 5. The van der Waals surface area contributed by atoms with E-state index in [1.54, 1.807) is 24.4 Å². The number of hydrogen-bond acceptors (Lipinski definition) is 7. The molecule has 0 bridgehead atoms. The van der Waals surface area contributed by atoms with Gasteiger partial charge in [-0.2, -0.15) is 4.98 Å². The van der Waals surface area contributed by atoms with E-state index in [9.17, 15) is 10.1 Å². The maximum atomic E-state index is 11.7. The number of halogens is 1. The van der Waals surface area contributed by atoms with E-state index in [2.05, 4.69) is 36.2 Å². The summed E-state index contributed by atoms with van der Waals surface area (Å²) in [6.45, 7) is 0. The number of benzene rings is 2. The summed E-state index contributed by atoms with van der Waals surface area (Å²) in [6.07, 6.45) is 2.78. The third-order valence-corrected chi connectivity index (χ3v) is 4.37. The quantitative estimate of drug-likeness (QED) is 0.336. The Morgan fingerprint density at radius 3 is 2.61 bits per heavy atom. The number of pyridine rings is 1. The van der Waals surface area contributed by atoms with Gasteiger partial charge in [0, 0.05) is 16.1 Å². The number of nitrogens with zero attached hydrogens (tertiary/aromatic N) is 4. The van der Waals surface area contributed by atoms with E-state index in [1.165, 1.54) is 6.33 Å². The molecule has 4 aromatic rings. The number of fused-ring (bicyclic) bond motifs is 1. The van der Waals surface area contributed by atoms with Gasteiger partial charge in [0.1, 0.15) is 17.9 Å². The van der Waals surface area contributed by atoms with Crippen molar-refractivity contribution in [3.05, 3.63) is 81.7 Å². The third kappa shape index (κ3) is 3.60. The second-order valence-electron chi connectivity index (χ2n) is 5.70. The van der Waals surface area contributed by atoms with Crippen LogP contribution in [0.2, 0.25) is 0 Å². The number of nitro groups is 1. The Morgan fingerprint density at radius 1 is 1.00 bits per heavy atom. The largest absolute Gasteiger partial charge is 0.433 e. The first-order valence-corrected chi connectivity index (χ1v) is 8.95. The summed E-state index contributed by atoms with van der Waals surface area (Å²) in [6, 6.07) is 16.5. The summed E-state index contributed by atoms with van der Waals surface area (Å²) in [4.78, 5) is 23.2. The van der Waals surface area contributed by atoms with Crippen molar-refractivity contribution in [3.63, 3.8) is 0 Å². The van der Waals surface area contributed by atoms with Gasteiger partial charge in [-0.15, -0.1) is 0 Å². The maximum absolute atomic E-state index is 11.7.